The van der Waals surface area contributed by atoms with E-state index in [1.807, 2.05) is 12.1 Å². The van der Waals surface area contributed by atoms with Gasteiger partial charge in [-0.15, -0.1) is 0 Å². The van der Waals surface area contributed by atoms with Crippen molar-refractivity contribution in [3.8, 4) is 5.75 Å². The lowest BCUT2D eigenvalue weighted by atomic mass is 10.1. The first-order chi connectivity index (χ1) is 7.20. The number of hydrogen-bond donors (Lipinski definition) is 0. The van der Waals surface area contributed by atoms with Gasteiger partial charge in [0, 0.05) is 0 Å². The quantitative estimate of drug-likeness (QED) is 0.557. The Morgan fingerprint density at radius 3 is 2.47 bits per heavy atom. The third-order valence-corrected chi connectivity index (χ3v) is 2.47. The van der Waals surface area contributed by atoms with Crippen molar-refractivity contribution in [3.05, 3.63) is 41.5 Å². The monoisotopic (exact) mass is 204 g/mol. The molecule has 80 valence electrons. The molecule has 1 heterocycles. The van der Waals surface area contributed by atoms with Gasteiger partial charge in [0.15, 0.2) is 0 Å². The van der Waals surface area contributed by atoms with Gasteiger partial charge in [-0.1, -0.05) is 23.8 Å². The van der Waals surface area contributed by atoms with Crippen molar-refractivity contribution in [1.29, 1.82) is 0 Å². The van der Waals surface area contributed by atoms with E-state index in [2.05, 4.69) is 32.1 Å². The summed E-state index contributed by atoms with van der Waals surface area (Å²) in [6.45, 7) is 4.18. The molecule has 0 saturated carbocycles. The van der Waals surface area contributed by atoms with Crippen molar-refractivity contribution in [2.24, 2.45) is 0 Å². The molecule has 1 saturated heterocycles. The summed E-state index contributed by atoms with van der Waals surface area (Å²) in [5.74, 6) is 0.887. The predicted molar refractivity (Wildman–Crippen MR) is 60.0 cm³/mol. The second kappa shape index (κ2) is 4.07. The van der Waals surface area contributed by atoms with Gasteiger partial charge in [0.05, 0.1) is 7.11 Å². The number of hydrogen-bond acceptors (Lipinski definition) is 2. The minimum absolute atomic E-state index is 0.241. The van der Waals surface area contributed by atoms with Crippen molar-refractivity contribution in [3.63, 3.8) is 0 Å². The average molecular weight is 204 g/mol. The van der Waals surface area contributed by atoms with Crippen LogP contribution in [0.15, 0.2) is 35.9 Å². The van der Waals surface area contributed by atoms with Crippen molar-refractivity contribution in [2.45, 2.75) is 26.1 Å². The normalized spacial score (nSPS) is 23.4. The zero-order valence-corrected chi connectivity index (χ0v) is 9.36. The first-order valence-corrected chi connectivity index (χ1v) is 5.15. The molecule has 15 heavy (non-hydrogen) atoms. The lowest BCUT2D eigenvalue weighted by molar-refractivity contribution is 0.392. The highest BCUT2D eigenvalue weighted by Crippen LogP contribution is 2.40. The molecule has 2 atom stereocenters. The van der Waals surface area contributed by atoms with E-state index >= 15 is 0 Å². The maximum absolute atomic E-state index is 5.57. The van der Waals surface area contributed by atoms with Crippen LogP contribution in [0.5, 0.6) is 5.75 Å². The van der Waals surface area contributed by atoms with E-state index in [0.717, 1.165) is 5.75 Å². The summed E-state index contributed by atoms with van der Waals surface area (Å²) >= 11 is 0. The molecule has 0 aliphatic carbocycles. The number of allylic oxidation sites excluding steroid dienone is 1. The van der Waals surface area contributed by atoms with Gasteiger partial charge in [-0.25, -0.2) is 0 Å². The maximum Gasteiger partial charge on any atom is 0.118 e. The molecule has 0 radical (unpaired) electrons. The van der Waals surface area contributed by atoms with E-state index in [9.17, 15) is 0 Å². The third-order valence-electron chi connectivity index (χ3n) is 2.47. The van der Waals surface area contributed by atoms with Gasteiger partial charge >= 0.3 is 0 Å². The molecule has 2 nitrogen and oxygen atoms in total. The summed E-state index contributed by atoms with van der Waals surface area (Å²) in [6, 6.07) is 8.05. The number of epoxide rings is 1. The number of methoxy groups -OCH3 is 1. The summed E-state index contributed by atoms with van der Waals surface area (Å²) in [6.07, 6.45) is 2.67. The molecule has 2 rings (SSSR count). The zero-order chi connectivity index (χ0) is 10.8. The Morgan fingerprint density at radius 2 is 1.93 bits per heavy atom. The second-order valence-electron chi connectivity index (χ2n) is 4.04. The van der Waals surface area contributed by atoms with Gasteiger partial charge in [-0.2, -0.15) is 0 Å². The lowest BCUT2D eigenvalue weighted by Crippen LogP contribution is -1.87. The van der Waals surface area contributed by atoms with Crippen LogP contribution < -0.4 is 4.74 Å². The van der Waals surface area contributed by atoms with Gasteiger partial charge in [-0.3, -0.25) is 0 Å². The first kappa shape index (κ1) is 10.2. The van der Waals surface area contributed by atoms with Crippen molar-refractivity contribution in [1.82, 2.24) is 0 Å². The van der Waals surface area contributed by atoms with Gasteiger partial charge in [-0.05, 0) is 31.5 Å². The molecule has 1 fully saturated rings. The lowest BCUT2D eigenvalue weighted by Gasteiger charge is -1.99. The van der Waals surface area contributed by atoms with Crippen LogP contribution in [-0.2, 0) is 4.74 Å². The van der Waals surface area contributed by atoms with Crippen LogP contribution in [0.25, 0.3) is 0 Å². The highest BCUT2D eigenvalue weighted by molar-refractivity contribution is 5.32. The van der Waals surface area contributed by atoms with E-state index in [4.69, 9.17) is 9.47 Å². The maximum atomic E-state index is 5.57. The van der Waals surface area contributed by atoms with Crippen molar-refractivity contribution >= 4 is 0 Å². The summed E-state index contributed by atoms with van der Waals surface area (Å²) in [7, 11) is 1.68. The molecule has 1 aliphatic heterocycles. The molecule has 1 aliphatic rings. The Hall–Kier alpha value is -1.28. The zero-order valence-electron chi connectivity index (χ0n) is 9.36. The van der Waals surface area contributed by atoms with Crippen LogP contribution in [0.2, 0.25) is 0 Å². The van der Waals surface area contributed by atoms with Gasteiger partial charge in [0.1, 0.15) is 18.0 Å². The van der Waals surface area contributed by atoms with E-state index in [0.29, 0.717) is 0 Å². The topological polar surface area (TPSA) is 21.8 Å². The Labute approximate surface area is 90.5 Å². The molecule has 1 aromatic carbocycles. The van der Waals surface area contributed by atoms with Crippen LogP contribution in [0.4, 0.5) is 0 Å². The van der Waals surface area contributed by atoms with Crippen LogP contribution in [0.1, 0.15) is 25.5 Å². The SMILES string of the molecule is COc1ccc([C@H]2O[C@@H]2C=C(C)C)cc1. The minimum atomic E-state index is 0.241. The standard InChI is InChI=1S/C13H16O2/c1-9(2)8-12-13(15-12)10-4-6-11(14-3)7-5-10/h4-8,12-13H,1-3H3/t12-,13-/m1/s1. The number of ether oxygens (including phenoxy) is 2. The van der Waals surface area contributed by atoms with Crippen LogP contribution in [0, 0.1) is 0 Å². The van der Waals surface area contributed by atoms with Gasteiger partial charge in [0.25, 0.3) is 0 Å². The first-order valence-electron chi connectivity index (χ1n) is 5.15. The molecule has 0 unspecified atom stereocenters. The minimum Gasteiger partial charge on any atom is -0.497 e. The molecule has 1 aromatic rings. The number of rotatable bonds is 3. The molecule has 2 heteroatoms. The van der Waals surface area contributed by atoms with E-state index in [1.165, 1.54) is 11.1 Å². The highest BCUT2D eigenvalue weighted by atomic mass is 16.6. The second-order valence-corrected chi connectivity index (χ2v) is 4.04. The Morgan fingerprint density at radius 1 is 1.27 bits per heavy atom. The fraction of sp³-hybridized carbons (Fsp3) is 0.385. The smallest absolute Gasteiger partial charge is 0.118 e. The largest absolute Gasteiger partial charge is 0.497 e. The summed E-state index contributed by atoms with van der Waals surface area (Å²) in [5, 5.41) is 0. The molecule has 0 amide bonds. The Kier molecular flexibility index (Phi) is 2.78. The Balaban J connectivity index is 2.04. The van der Waals surface area contributed by atoms with Crippen molar-refractivity contribution in [2.75, 3.05) is 7.11 Å². The molecule has 0 N–H and O–H groups in total. The Bertz CT molecular complexity index is 361. The van der Waals surface area contributed by atoms with Crippen LogP contribution in [0.3, 0.4) is 0 Å². The molecular formula is C13H16O2. The van der Waals surface area contributed by atoms with Crippen molar-refractivity contribution < 1.29 is 9.47 Å². The third kappa shape index (κ3) is 2.39. The highest BCUT2D eigenvalue weighted by Gasteiger charge is 2.37. The summed E-state index contributed by atoms with van der Waals surface area (Å²) in [5.41, 5.74) is 2.52. The summed E-state index contributed by atoms with van der Waals surface area (Å²) in [4.78, 5) is 0. The fourth-order valence-electron chi connectivity index (χ4n) is 1.64. The van der Waals surface area contributed by atoms with Gasteiger partial charge in [0.2, 0.25) is 0 Å². The molecule has 0 spiro atoms. The molecular weight excluding hydrogens is 188 g/mol. The van der Waals surface area contributed by atoms with Crippen LogP contribution in [-0.4, -0.2) is 13.2 Å². The van der Waals surface area contributed by atoms with Crippen LogP contribution >= 0.6 is 0 Å². The summed E-state index contributed by atoms with van der Waals surface area (Å²) < 4.78 is 10.7. The molecule has 0 aromatic heterocycles. The molecule has 0 bridgehead atoms. The van der Waals surface area contributed by atoms with E-state index < -0.39 is 0 Å². The van der Waals surface area contributed by atoms with E-state index in [-0.39, 0.29) is 12.2 Å². The van der Waals surface area contributed by atoms with Gasteiger partial charge < -0.3 is 9.47 Å². The average Bonchev–Trinajstić information content (AvgIpc) is 2.96. The fourth-order valence-corrected chi connectivity index (χ4v) is 1.64. The number of benzene rings is 1. The predicted octanol–water partition coefficient (Wildman–Crippen LogP) is 3.10. The van der Waals surface area contributed by atoms with E-state index in [1.54, 1.807) is 7.11 Å².